The summed E-state index contributed by atoms with van der Waals surface area (Å²) in [5, 5.41) is 6.45. The smallest absolute Gasteiger partial charge is 0.249 e. The van der Waals surface area contributed by atoms with Crippen LogP contribution in [-0.4, -0.2) is 56.7 Å². The maximum atomic E-state index is 12.7. The zero-order valence-corrected chi connectivity index (χ0v) is 18.8. The van der Waals surface area contributed by atoms with E-state index in [1.807, 2.05) is 38.7 Å². The minimum absolute atomic E-state index is 0.0485. The number of carbonyl (C=O) groups excluding carboxylic acids is 2. The highest BCUT2D eigenvalue weighted by Crippen LogP contribution is 2.26. The van der Waals surface area contributed by atoms with Crippen LogP contribution in [0.3, 0.4) is 0 Å². The predicted molar refractivity (Wildman–Crippen MR) is 118 cm³/mol. The zero-order chi connectivity index (χ0) is 22.1. The number of aromatic nitrogens is 2. The molecule has 1 aromatic rings. The number of allylic oxidation sites excluding steroid dienone is 2. The summed E-state index contributed by atoms with van der Waals surface area (Å²) in [6, 6.07) is 1.43. The van der Waals surface area contributed by atoms with Gasteiger partial charge in [-0.3, -0.25) is 14.7 Å². The van der Waals surface area contributed by atoms with Crippen LogP contribution in [0.1, 0.15) is 71.3 Å². The average Bonchev–Trinajstić information content (AvgIpc) is 3.19. The predicted octanol–water partition coefficient (Wildman–Crippen LogP) is 4.18. The zero-order valence-electron chi connectivity index (χ0n) is 18.8. The van der Waals surface area contributed by atoms with Gasteiger partial charge in [-0.25, -0.2) is 4.99 Å². The summed E-state index contributed by atoms with van der Waals surface area (Å²) in [5.41, 5.74) is 1.60. The first-order chi connectivity index (χ1) is 13.7. The van der Waals surface area contributed by atoms with E-state index in [-0.39, 0.29) is 30.2 Å². The van der Waals surface area contributed by atoms with Crippen LogP contribution in [0.4, 0.5) is 0 Å². The molecule has 0 aromatic carbocycles. The normalized spacial score (nSPS) is 19.6. The van der Waals surface area contributed by atoms with Crippen molar-refractivity contribution >= 4 is 17.5 Å². The fourth-order valence-corrected chi connectivity index (χ4v) is 3.19. The van der Waals surface area contributed by atoms with E-state index in [4.69, 9.17) is 0 Å². The van der Waals surface area contributed by atoms with Crippen molar-refractivity contribution in [2.24, 2.45) is 4.99 Å². The van der Waals surface area contributed by atoms with Crippen LogP contribution in [-0.2, 0) is 4.79 Å². The van der Waals surface area contributed by atoms with Gasteiger partial charge in [0.15, 0.2) is 11.6 Å². The van der Waals surface area contributed by atoms with E-state index in [9.17, 15) is 9.59 Å². The molecule has 1 atom stereocenters. The van der Waals surface area contributed by atoms with Gasteiger partial charge in [0.05, 0.1) is 12.1 Å². The molecule has 0 saturated carbocycles. The van der Waals surface area contributed by atoms with Crippen molar-refractivity contribution in [2.75, 3.05) is 7.05 Å². The summed E-state index contributed by atoms with van der Waals surface area (Å²) in [5.74, 6) is 0.605. The van der Waals surface area contributed by atoms with Gasteiger partial charge in [-0.05, 0) is 33.3 Å². The van der Waals surface area contributed by atoms with E-state index in [1.54, 1.807) is 18.0 Å². The minimum atomic E-state index is -0.279. The van der Waals surface area contributed by atoms with Gasteiger partial charge in [0.1, 0.15) is 11.7 Å². The van der Waals surface area contributed by atoms with Gasteiger partial charge in [0.25, 0.3) is 0 Å². The Hall–Kier alpha value is -2.70. The second kappa shape index (κ2) is 11.3. The molecule has 2 heterocycles. The van der Waals surface area contributed by atoms with Crippen LogP contribution in [0.25, 0.3) is 0 Å². The summed E-state index contributed by atoms with van der Waals surface area (Å²) in [7, 11) is 1.76. The van der Waals surface area contributed by atoms with Crippen molar-refractivity contribution in [2.45, 2.75) is 72.9 Å². The van der Waals surface area contributed by atoms with Crippen LogP contribution in [0.2, 0.25) is 0 Å². The Bertz CT molecular complexity index is 762. The van der Waals surface area contributed by atoms with Gasteiger partial charge in [0.2, 0.25) is 5.91 Å². The molecule has 1 unspecified atom stereocenters. The standard InChI is InChI=1S/C19H27N5O2.C3H8/c1-7-15-18(21-13(5)11-17(25)14-9-10-20-22-14)24(12(3)4)16(8-2)19(26)23(15)6;1-3-2/h7,9-10,12,16H,5,8,11H2,1-4,6H3,(H,20,22);3H2,1-2H3/b15-7+,21-18?;. The van der Waals surface area contributed by atoms with Crippen LogP contribution >= 0.6 is 0 Å². The van der Waals surface area contributed by atoms with Crippen LogP contribution in [0.15, 0.2) is 41.3 Å². The molecule has 0 aliphatic carbocycles. The highest BCUT2D eigenvalue weighted by atomic mass is 16.2. The lowest BCUT2D eigenvalue weighted by atomic mass is 10.0. The number of ketones is 1. The molecule has 1 aliphatic heterocycles. The number of likely N-dealkylation sites (N-methyl/N-ethyl adjacent to an activating group) is 1. The monoisotopic (exact) mass is 401 g/mol. The molecule has 1 aliphatic rings. The largest absolute Gasteiger partial charge is 0.340 e. The lowest BCUT2D eigenvalue weighted by Gasteiger charge is -2.44. The molecule has 0 bridgehead atoms. The Morgan fingerprint density at radius 1 is 1.38 bits per heavy atom. The molecule has 1 N–H and O–H groups in total. The molecule has 2 rings (SSSR count). The molecule has 0 radical (unpaired) electrons. The number of nitrogens with one attached hydrogen (secondary N) is 1. The Morgan fingerprint density at radius 3 is 2.45 bits per heavy atom. The Balaban J connectivity index is 0.00000132. The third kappa shape index (κ3) is 5.89. The van der Waals surface area contributed by atoms with Crippen LogP contribution < -0.4 is 0 Å². The Labute approximate surface area is 174 Å². The van der Waals surface area contributed by atoms with Crippen molar-refractivity contribution in [1.29, 1.82) is 0 Å². The number of amidine groups is 1. The number of rotatable bonds is 6. The Morgan fingerprint density at radius 2 is 2.00 bits per heavy atom. The second-order valence-electron chi connectivity index (χ2n) is 7.28. The lowest BCUT2D eigenvalue weighted by molar-refractivity contribution is -0.134. The van der Waals surface area contributed by atoms with Gasteiger partial charge in [-0.1, -0.05) is 39.8 Å². The number of piperazine rings is 1. The summed E-state index contributed by atoms with van der Waals surface area (Å²) in [6.07, 6.45) is 5.41. The molecule has 29 heavy (non-hydrogen) atoms. The summed E-state index contributed by atoms with van der Waals surface area (Å²) >= 11 is 0. The van der Waals surface area contributed by atoms with Gasteiger partial charge in [-0.2, -0.15) is 5.10 Å². The number of carbonyl (C=O) groups is 2. The third-order valence-corrected chi connectivity index (χ3v) is 4.43. The van der Waals surface area contributed by atoms with Crippen molar-refractivity contribution in [1.82, 2.24) is 20.0 Å². The lowest BCUT2D eigenvalue weighted by Crippen LogP contribution is -2.59. The van der Waals surface area contributed by atoms with E-state index in [0.717, 1.165) is 5.70 Å². The number of aromatic amines is 1. The first-order valence-corrected chi connectivity index (χ1v) is 10.2. The van der Waals surface area contributed by atoms with Crippen molar-refractivity contribution < 1.29 is 9.59 Å². The maximum absolute atomic E-state index is 12.7. The first kappa shape index (κ1) is 24.3. The average molecular weight is 402 g/mol. The quantitative estimate of drug-likeness (QED) is 0.725. The van der Waals surface area contributed by atoms with Gasteiger partial charge < -0.3 is 9.80 Å². The van der Waals surface area contributed by atoms with Crippen molar-refractivity contribution in [3.05, 3.63) is 42.0 Å². The summed E-state index contributed by atoms with van der Waals surface area (Å²) in [6.45, 7) is 16.1. The number of amides is 1. The molecule has 0 spiro atoms. The van der Waals surface area contributed by atoms with Crippen LogP contribution in [0, 0.1) is 0 Å². The number of hydrogen-bond donors (Lipinski definition) is 1. The van der Waals surface area contributed by atoms with E-state index in [2.05, 4.69) is 35.6 Å². The second-order valence-corrected chi connectivity index (χ2v) is 7.28. The SMILES string of the molecule is C=C(CC(=O)c1ccn[nH]1)N=C1/C(=C\C)N(C)C(=O)C(CC)N1C(C)C.CCC. The number of H-pyrrole nitrogens is 1. The molecule has 1 fully saturated rings. The van der Waals surface area contributed by atoms with Crippen molar-refractivity contribution in [3.63, 3.8) is 0 Å². The molecular weight excluding hydrogens is 366 g/mol. The molecule has 1 aromatic heterocycles. The topological polar surface area (TPSA) is 81.7 Å². The van der Waals surface area contributed by atoms with E-state index in [0.29, 0.717) is 23.6 Å². The van der Waals surface area contributed by atoms with E-state index in [1.165, 1.54) is 12.6 Å². The highest BCUT2D eigenvalue weighted by Gasteiger charge is 2.39. The van der Waals surface area contributed by atoms with Crippen molar-refractivity contribution in [3.8, 4) is 0 Å². The fourth-order valence-electron chi connectivity index (χ4n) is 3.19. The summed E-state index contributed by atoms with van der Waals surface area (Å²) < 4.78 is 0. The number of hydrogen-bond acceptors (Lipinski definition) is 4. The number of nitrogens with zero attached hydrogens (tertiary/aromatic N) is 4. The van der Waals surface area contributed by atoms with E-state index < -0.39 is 0 Å². The minimum Gasteiger partial charge on any atom is -0.340 e. The summed E-state index contributed by atoms with van der Waals surface area (Å²) in [4.78, 5) is 33.3. The number of Topliss-reactive ketones (excluding diaryl/α,β-unsaturated/α-hetero) is 1. The molecule has 1 saturated heterocycles. The molecule has 7 nitrogen and oxygen atoms in total. The van der Waals surface area contributed by atoms with Gasteiger partial charge >= 0.3 is 0 Å². The molecule has 160 valence electrons. The highest BCUT2D eigenvalue weighted by molar-refractivity contribution is 6.08. The number of aliphatic imine (C=N–C) groups is 1. The fraction of sp³-hybridized carbons (Fsp3) is 0.545. The third-order valence-electron chi connectivity index (χ3n) is 4.43. The van der Waals surface area contributed by atoms with Gasteiger partial charge in [0, 0.05) is 25.0 Å². The maximum Gasteiger partial charge on any atom is 0.249 e. The van der Waals surface area contributed by atoms with Gasteiger partial charge in [-0.15, -0.1) is 0 Å². The van der Waals surface area contributed by atoms with Crippen LogP contribution in [0.5, 0.6) is 0 Å². The van der Waals surface area contributed by atoms with E-state index >= 15 is 0 Å². The molecule has 7 heteroatoms. The Kier molecular flexibility index (Phi) is 9.51. The molecular formula is C22H35N5O2. The first-order valence-electron chi connectivity index (χ1n) is 10.2. The molecule has 1 amide bonds.